The molecule has 37 heavy (non-hydrogen) atoms. The first kappa shape index (κ1) is 23.6. The van der Waals surface area contributed by atoms with E-state index in [0.29, 0.717) is 0 Å². The van der Waals surface area contributed by atoms with Crippen LogP contribution >= 0.6 is 11.3 Å². The summed E-state index contributed by atoms with van der Waals surface area (Å²) in [5.74, 6) is 1.79. The van der Waals surface area contributed by atoms with Crippen LogP contribution in [0, 0.1) is 5.82 Å². The molecule has 0 radical (unpaired) electrons. The topological polar surface area (TPSA) is 68.6 Å². The van der Waals surface area contributed by atoms with Gasteiger partial charge in [0.2, 0.25) is 0 Å². The summed E-state index contributed by atoms with van der Waals surface area (Å²) in [5.41, 5.74) is 4.88. The number of thiazole rings is 1. The van der Waals surface area contributed by atoms with Crippen LogP contribution in [0.15, 0.2) is 60.4 Å². The van der Waals surface area contributed by atoms with Crippen molar-refractivity contribution in [2.24, 2.45) is 0 Å². The third kappa shape index (κ3) is 4.70. The van der Waals surface area contributed by atoms with Gasteiger partial charge in [-0.3, -0.25) is 9.30 Å². The summed E-state index contributed by atoms with van der Waals surface area (Å²) in [6.07, 6.45) is 6.70. The van der Waals surface area contributed by atoms with E-state index in [0.717, 1.165) is 78.5 Å². The number of aromatic amines is 1. The molecule has 1 saturated heterocycles. The van der Waals surface area contributed by atoms with Gasteiger partial charge in [0.05, 0.1) is 23.6 Å². The number of halogens is 1. The van der Waals surface area contributed by atoms with E-state index in [1.165, 1.54) is 17.8 Å². The van der Waals surface area contributed by atoms with Crippen molar-refractivity contribution in [2.45, 2.75) is 19.9 Å². The lowest BCUT2D eigenvalue weighted by atomic mass is 10.2. The summed E-state index contributed by atoms with van der Waals surface area (Å²) in [5, 5.41) is 2.88. The number of anilines is 3. The molecule has 1 N–H and O–H groups in total. The molecule has 4 aromatic heterocycles. The van der Waals surface area contributed by atoms with Crippen LogP contribution in [0.5, 0.6) is 0 Å². The molecule has 0 saturated carbocycles. The van der Waals surface area contributed by atoms with Crippen molar-refractivity contribution < 1.29 is 4.39 Å². The Hall–Kier alpha value is -3.76. The van der Waals surface area contributed by atoms with E-state index in [1.807, 2.05) is 18.6 Å². The predicted molar refractivity (Wildman–Crippen MR) is 146 cm³/mol. The zero-order valence-electron chi connectivity index (χ0n) is 20.9. The van der Waals surface area contributed by atoms with Crippen molar-refractivity contribution in [2.75, 3.05) is 43.0 Å². The van der Waals surface area contributed by atoms with Gasteiger partial charge in [-0.1, -0.05) is 6.92 Å². The number of piperazine rings is 1. The van der Waals surface area contributed by atoms with E-state index in [2.05, 4.69) is 54.3 Å². The van der Waals surface area contributed by atoms with Crippen LogP contribution in [0.25, 0.3) is 16.9 Å². The number of hydrogen-bond donors (Lipinski definition) is 1. The first-order valence-corrected chi connectivity index (χ1v) is 13.4. The number of aryl methyl sites for hydroxylation is 1. The van der Waals surface area contributed by atoms with Crippen molar-refractivity contribution in [1.29, 1.82) is 0 Å². The first-order valence-electron chi connectivity index (χ1n) is 12.5. The third-order valence-corrected chi connectivity index (χ3v) is 7.80. The van der Waals surface area contributed by atoms with Crippen molar-refractivity contribution in [1.82, 2.24) is 29.2 Å². The second-order valence-electron chi connectivity index (χ2n) is 9.23. The Labute approximate surface area is 219 Å². The molecule has 0 atom stereocenters. The van der Waals surface area contributed by atoms with Gasteiger partial charge in [0.25, 0.3) is 0 Å². The van der Waals surface area contributed by atoms with Gasteiger partial charge in [0.1, 0.15) is 23.1 Å². The third-order valence-electron chi connectivity index (χ3n) is 6.88. The van der Waals surface area contributed by atoms with E-state index in [9.17, 15) is 4.39 Å². The lowest BCUT2D eigenvalue weighted by Gasteiger charge is -2.35. The highest BCUT2D eigenvalue weighted by Crippen LogP contribution is 2.34. The van der Waals surface area contributed by atoms with Gasteiger partial charge in [-0.05, 0) is 42.8 Å². The van der Waals surface area contributed by atoms with E-state index in [1.54, 1.807) is 29.7 Å². The number of pyridine rings is 1. The van der Waals surface area contributed by atoms with Crippen molar-refractivity contribution >= 4 is 33.6 Å². The normalized spacial score (nSPS) is 14.5. The summed E-state index contributed by atoms with van der Waals surface area (Å²) < 4.78 is 15.6. The van der Waals surface area contributed by atoms with Crippen LogP contribution in [0.2, 0.25) is 0 Å². The quantitative estimate of drug-likeness (QED) is 0.329. The largest absolute Gasteiger partial charge is 0.368 e. The van der Waals surface area contributed by atoms with Crippen LogP contribution in [-0.4, -0.2) is 62.5 Å². The van der Waals surface area contributed by atoms with Gasteiger partial charge in [0.15, 0.2) is 5.13 Å². The molecular formula is C27H29FN8S. The van der Waals surface area contributed by atoms with Crippen molar-refractivity contribution in [3.8, 4) is 11.3 Å². The maximum atomic E-state index is 13.4. The minimum absolute atomic E-state index is 0.246. The van der Waals surface area contributed by atoms with Crippen molar-refractivity contribution in [3.05, 3.63) is 77.7 Å². The highest BCUT2D eigenvalue weighted by atomic mass is 32.1. The van der Waals surface area contributed by atoms with E-state index in [4.69, 9.17) is 9.97 Å². The number of nitrogens with zero attached hydrogens (tertiary/aromatic N) is 7. The number of nitrogens with one attached hydrogen (secondary N) is 1. The second-order valence-corrected chi connectivity index (χ2v) is 10.1. The fourth-order valence-corrected chi connectivity index (χ4v) is 5.67. The van der Waals surface area contributed by atoms with Gasteiger partial charge >= 0.3 is 0 Å². The van der Waals surface area contributed by atoms with Gasteiger partial charge in [-0.15, -0.1) is 11.3 Å². The fourth-order valence-electron chi connectivity index (χ4n) is 4.87. The number of hydrogen-bond acceptors (Lipinski definition) is 7. The van der Waals surface area contributed by atoms with Crippen LogP contribution in [0.4, 0.5) is 21.0 Å². The molecule has 0 unspecified atom stereocenters. The number of rotatable bonds is 7. The molecule has 0 aliphatic carbocycles. The van der Waals surface area contributed by atoms with Gasteiger partial charge in [-0.2, -0.15) is 0 Å². The number of fused-ring (bicyclic) bond motifs is 1. The average Bonchev–Trinajstić information content (AvgIpc) is 3.69. The molecule has 1 fully saturated rings. The van der Waals surface area contributed by atoms with Gasteiger partial charge in [0, 0.05) is 62.8 Å². The summed E-state index contributed by atoms with van der Waals surface area (Å²) in [6.45, 7) is 6.87. The molecule has 6 rings (SSSR count). The monoisotopic (exact) mass is 516 g/mol. The lowest BCUT2D eigenvalue weighted by molar-refractivity contribution is 0.244. The maximum absolute atomic E-state index is 13.4. The Morgan fingerprint density at radius 1 is 1.05 bits per heavy atom. The summed E-state index contributed by atoms with van der Waals surface area (Å²) in [6, 6.07) is 10.7. The predicted octanol–water partition coefficient (Wildman–Crippen LogP) is 4.97. The van der Waals surface area contributed by atoms with E-state index >= 15 is 0 Å². The SMILES string of the molecule is CCc1nc2ccc(N3CCN(Cc4ncc[nH]4)CC3)cn2c1N(C)c1nc(-c2ccc(F)cc2)cs1. The molecule has 5 heterocycles. The Morgan fingerprint density at radius 3 is 2.59 bits per heavy atom. The zero-order valence-corrected chi connectivity index (χ0v) is 21.7. The van der Waals surface area contributed by atoms with Crippen molar-refractivity contribution in [3.63, 3.8) is 0 Å². The molecule has 1 aliphatic rings. The molecule has 8 nitrogen and oxygen atoms in total. The van der Waals surface area contributed by atoms with Gasteiger partial charge < -0.3 is 14.8 Å². The molecule has 10 heteroatoms. The smallest absolute Gasteiger partial charge is 0.191 e. The number of benzene rings is 1. The Bertz CT molecular complexity index is 1480. The Morgan fingerprint density at radius 2 is 1.86 bits per heavy atom. The molecule has 5 aromatic rings. The van der Waals surface area contributed by atoms with E-state index < -0.39 is 0 Å². The number of aromatic nitrogens is 5. The van der Waals surface area contributed by atoms with Crippen LogP contribution < -0.4 is 9.80 Å². The summed E-state index contributed by atoms with van der Waals surface area (Å²) in [7, 11) is 2.04. The molecule has 190 valence electrons. The van der Waals surface area contributed by atoms with Gasteiger partial charge in [-0.25, -0.2) is 19.3 Å². The lowest BCUT2D eigenvalue weighted by Crippen LogP contribution is -2.46. The maximum Gasteiger partial charge on any atom is 0.191 e. The highest BCUT2D eigenvalue weighted by Gasteiger charge is 2.22. The molecule has 0 bridgehead atoms. The number of imidazole rings is 2. The standard InChI is InChI=1S/C27H29FN8S/c1-3-22-26(33(2)27-32-23(18-37-27)19-4-6-20(28)7-5-19)36-16-21(8-9-25(36)31-22)35-14-12-34(13-15-35)17-24-29-10-11-30-24/h4-11,16,18H,3,12-15,17H2,1-2H3,(H,29,30). The molecule has 1 aliphatic heterocycles. The second kappa shape index (κ2) is 9.95. The Balaban J connectivity index is 1.25. The van der Waals surface area contributed by atoms with Crippen LogP contribution in [-0.2, 0) is 13.0 Å². The zero-order chi connectivity index (χ0) is 25.4. The summed E-state index contributed by atoms with van der Waals surface area (Å²) in [4.78, 5) is 24.3. The molecular weight excluding hydrogens is 487 g/mol. The minimum Gasteiger partial charge on any atom is -0.368 e. The highest BCUT2D eigenvalue weighted by molar-refractivity contribution is 7.14. The van der Waals surface area contributed by atoms with Crippen LogP contribution in [0.3, 0.4) is 0 Å². The first-order chi connectivity index (χ1) is 18.1. The molecule has 1 aromatic carbocycles. The van der Waals surface area contributed by atoms with Crippen LogP contribution in [0.1, 0.15) is 18.4 Å². The summed E-state index contributed by atoms with van der Waals surface area (Å²) >= 11 is 1.57. The minimum atomic E-state index is -0.246. The fraction of sp³-hybridized carbons (Fsp3) is 0.296. The average molecular weight is 517 g/mol. The molecule has 0 spiro atoms. The molecule has 0 amide bonds. The number of H-pyrrole nitrogens is 1. The van der Waals surface area contributed by atoms with E-state index in [-0.39, 0.29) is 5.82 Å². The Kier molecular flexibility index (Phi) is 6.35.